The molecule has 2 aromatic carbocycles. The van der Waals surface area contributed by atoms with Gasteiger partial charge in [0.2, 0.25) is 5.95 Å². The van der Waals surface area contributed by atoms with Gasteiger partial charge in [0, 0.05) is 29.8 Å². The second-order valence-electron chi connectivity index (χ2n) is 7.50. The minimum atomic E-state index is -0.691. The van der Waals surface area contributed by atoms with Crippen LogP contribution in [-0.4, -0.2) is 30.6 Å². The SMILES string of the molecule is O=C(Nc1cc(-c2cccs2)nn1-c1nc(-c2ccccc2)cc(=O)[nH]1)c1cc([N+](=O)[O-])ccc1Cl. The third-order valence-electron chi connectivity index (χ3n) is 5.13. The summed E-state index contributed by atoms with van der Waals surface area (Å²) in [4.78, 5) is 44.2. The van der Waals surface area contributed by atoms with Gasteiger partial charge < -0.3 is 5.32 Å². The molecule has 5 rings (SSSR count). The van der Waals surface area contributed by atoms with Crippen molar-refractivity contribution in [3.63, 3.8) is 0 Å². The lowest BCUT2D eigenvalue weighted by Crippen LogP contribution is -2.19. The number of nitrogens with one attached hydrogen (secondary N) is 2. The highest BCUT2D eigenvalue weighted by Gasteiger charge is 2.20. The molecule has 10 nitrogen and oxygen atoms in total. The van der Waals surface area contributed by atoms with Gasteiger partial charge in [-0.15, -0.1) is 11.3 Å². The Balaban J connectivity index is 1.60. The second kappa shape index (κ2) is 9.56. The summed E-state index contributed by atoms with van der Waals surface area (Å²) >= 11 is 7.59. The number of H-pyrrole nitrogens is 1. The van der Waals surface area contributed by atoms with Crippen molar-refractivity contribution in [2.45, 2.75) is 0 Å². The number of nitrogens with zero attached hydrogens (tertiary/aromatic N) is 4. The van der Waals surface area contributed by atoms with Crippen molar-refractivity contribution >= 4 is 40.4 Å². The zero-order valence-electron chi connectivity index (χ0n) is 18.2. The van der Waals surface area contributed by atoms with Gasteiger partial charge in [-0.1, -0.05) is 48.0 Å². The van der Waals surface area contributed by atoms with E-state index in [4.69, 9.17) is 11.6 Å². The highest BCUT2D eigenvalue weighted by molar-refractivity contribution is 7.13. The maximum absolute atomic E-state index is 13.1. The molecular weight excluding hydrogens is 504 g/mol. The predicted molar refractivity (Wildman–Crippen MR) is 137 cm³/mol. The van der Waals surface area contributed by atoms with E-state index < -0.39 is 16.4 Å². The lowest BCUT2D eigenvalue weighted by molar-refractivity contribution is -0.384. The number of amides is 1. The number of benzene rings is 2. The third kappa shape index (κ3) is 4.65. The van der Waals surface area contributed by atoms with Crippen molar-refractivity contribution in [3.8, 4) is 27.8 Å². The molecule has 0 spiro atoms. The number of carbonyl (C=O) groups is 1. The molecule has 0 bridgehead atoms. The van der Waals surface area contributed by atoms with Gasteiger partial charge in [-0.3, -0.25) is 24.7 Å². The molecule has 178 valence electrons. The molecule has 3 aromatic heterocycles. The number of thiophene rings is 1. The molecule has 36 heavy (non-hydrogen) atoms. The van der Waals surface area contributed by atoms with Gasteiger partial charge in [0.1, 0.15) is 11.5 Å². The minimum absolute atomic E-state index is 0.0419. The average Bonchev–Trinajstić information content (AvgIpc) is 3.55. The zero-order valence-corrected chi connectivity index (χ0v) is 19.8. The van der Waals surface area contributed by atoms with Crippen LogP contribution in [0.15, 0.2) is 83.0 Å². The maximum atomic E-state index is 13.1. The predicted octanol–water partition coefficient (Wildman–Crippen LogP) is 5.17. The summed E-state index contributed by atoms with van der Waals surface area (Å²) in [6.45, 7) is 0. The number of rotatable bonds is 6. The first-order valence-electron chi connectivity index (χ1n) is 10.5. The monoisotopic (exact) mass is 518 g/mol. The fourth-order valence-corrected chi connectivity index (χ4v) is 4.35. The number of anilines is 1. The molecule has 12 heteroatoms. The molecule has 0 aliphatic rings. The number of hydrogen-bond acceptors (Lipinski definition) is 7. The Bertz CT molecular complexity index is 1650. The number of aromatic amines is 1. The van der Waals surface area contributed by atoms with Crippen molar-refractivity contribution in [1.82, 2.24) is 19.7 Å². The van der Waals surface area contributed by atoms with Crippen LogP contribution in [0.3, 0.4) is 0 Å². The maximum Gasteiger partial charge on any atom is 0.270 e. The van der Waals surface area contributed by atoms with Crippen LogP contribution in [-0.2, 0) is 0 Å². The fraction of sp³-hybridized carbons (Fsp3) is 0. The third-order valence-corrected chi connectivity index (χ3v) is 6.35. The summed E-state index contributed by atoms with van der Waals surface area (Å²) < 4.78 is 1.30. The number of nitro benzene ring substituents is 1. The van der Waals surface area contributed by atoms with E-state index in [0.29, 0.717) is 11.4 Å². The molecule has 3 heterocycles. The van der Waals surface area contributed by atoms with Crippen LogP contribution in [0.1, 0.15) is 10.4 Å². The van der Waals surface area contributed by atoms with Crippen LogP contribution in [0.4, 0.5) is 11.5 Å². The summed E-state index contributed by atoms with van der Waals surface area (Å²) in [5.74, 6) is -0.437. The summed E-state index contributed by atoms with van der Waals surface area (Å²) in [5.41, 5.74) is 0.893. The Morgan fingerprint density at radius 2 is 1.86 bits per heavy atom. The Morgan fingerprint density at radius 1 is 1.06 bits per heavy atom. The Kier molecular flexibility index (Phi) is 6.15. The highest BCUT2D eigenvalue weighted by atomic mass is 35.5. The van der Waals surface area contributed by atoms with Crippen molar-refractivity contribution < 1.29 is 9.72 Å². The molecular formula is C24H15ClN6O4S. The van der Waals surface area contributed by atoms with Gasteiger partial charge >= 0.3 is 0 Å². The minimum Gasteiger partial charge on any atom is -0.306 e. The van der Waals surface area contributed by atoms with Gasteiger partial charge in [-0.25, -0.2) is 4.98 Å². The van der Waals surface area contributed by atoms with Crippen molar-refractivity contribution in [3.05, 3.63) is 109 Å². The lowest BCUT2D eigenvalue weighted by Gasteiger charge is -2.10. The first-order chi connectivity index (χ1) is 17.4. The summed E-state index contributed by atoms with van der Waals surface area (Å²) in [6, 6.07) is 19.4. The molecule has 0 fully saturated rings. The fourth-order valence-electron chi connectivity index (χ4n) is 3.46. The van der Waals surface area contributed by atoms with Crippen LogP contribution < -0.4 is 10.9 Å². The number of non-ortho nitro benzene ring substituents is 1. The Morgan fingerprint density at radius 3 is 2.58 bits per heavy atom. The van der Waals surface area contributed by atoms with Crippen LogP contribution >= 0.6 is 22.9 Å². The van der Waals surface area contributed by atoms with E-state index in [-0.39, 0.29) is 28.0 Å². The molecule has 0 aliphatic carbocycles. The molecule has 1 amide bonds. The van der Waals surface area contributed by atoms with Gasteiger partial charge in [-0.2, -0.15) is 9.78 Å². The van der Waals surface area contributed by atoms with E-state index in [1.54, 1.807) is 6.07 Å². The van der Waals surface area contributed by atoms with Gasteiger partial charge in [0.15, 0.2) is 0 Å². The van der Waals surface area contributed by atoms with Crippen LogP contribution in [0, 0.1) is 10.1 Å². The Hall–Kier alpha value is -4.61. The summed E-state index contributed by atoms with van der Waals surface area (Å²) in [5, 5.41) is 20.3. The first-order valence-corrected chi connectivity index (χ1v) is 11.7. The number of hydrogen-bond donors (Lipinski definition) is 2. The molecule has 0 aliphatic heterocycles. The van der Waals surface area contributed by atoms with Crippen LogP contribution in [0.2, 0.25) is 5.02 Å². The van der Waals surface area contributed by atoms with E-state index in [1.807, 2.05) is 47.8 Å². The summed E-state index contributed by atoms with van der Waals surface area (Å²) in [7, 11) is 0. The number of halogens is 1. The van der Waals surface area contributed by atoms with E-state index in [9.17, 15) is 19.7 Å². The summed E-state index contributed by atoms with van der Waals surface area (Å²) in [6.07, 6.45) is 0. The second-order valence-corrected chi connectivity index (χ2v) is 8.85. The van der Waals surface area contributed by atoms with Crippen molar-refractivity contribution in [2.75, 3.05) is 5.32 Å². The van der Waals surface area contributed by atoms with Gasteiger partial charge in [-0.05, 0) is 17.5 Å². The topological polar surface area (TPSA) is 136 Å². The number of aromatic nitrogens is 4. The molecule has 0 atom stereocenters. The van der Waals surface area contributed by atoms with E-state index in [2.05, 4.69) is 20.4 Å². The van der Waals surface area contributed by atoms with E-state index >= 15 is 0 Å². The zero-order chi connectivity index (χ0) is 25.2. The molecule has 0 radical (unpaired) electrons. The number of nitro groups is 1. The van der Waals surface area contributed by atoms with Crippen LogP contribution in [0.5, 0.6) is 0 Å². The lowest BCUT2D eigenvalue weighted by atomic mass is 10.1. The smallest absolute Gasteiger partial charge is 0.270 e. The average molecular weight is 519 g/mol. The van der Waals surface area contributed by atoms with Crippen molar-refractivity contribution in [2.24, 2.45) is 0 Å². The van der Waals surface area contributed by atoms with Gasteiger partial charge in [0.25, 0.3) is 17.2 Å². The van der Waals surface area contributed by atoms with E-state index in [0.717, 1.165) is 16.5 Å². The van der Waals surface area contributed by atoms with Gasteiger partial charge in [0.05, 0.1) is 26.1 Å². The first kappa shape index (κ1) is 23.1. The molecule has 0 saturated carbocycles. The van der Waals surface area contributed by atoms with Crippen LogP contribution in [0.25, 0.3) is 27.8 Å². The molecule has 0 unspecified atom stereocenters. The molecule has 5 aromatic rings. The largest absolute Gasteiger partial charge is 0.306 e. The standard InChI is InChI=1S/C24H15ClN6O4S/c25-17-9-8-15(31(34)35)11-16(17)23(33)27-21-12-19(20-7-4-10-36-20)29-30(21)24-26-18(13-22(32)28-24)14-5-2-1-3-6-14/h1-13H,(H,27,33)(H,26,28,32). The number of carbonyl (C=O) groups excluding carboxylic acids is 1. The molecule has 2 N–H and O–H groups in total. The van der Waals surface area contributed by atoms with Crippen molar-refractivity contribution in [1.29, 1.82) is 0 Å². The quantitative estimate of drug-likeness (QED) is 0.235. The normalized spacial score (nSPS) is 10.8. The molecule has 0 saturated heterocycles. The highest BCUT2D eigenvalue weighted by Crippen LogP contribution is 2.29. The Labute approximate surface area is 212 Å². The van der Waals surface area contributed by atoms with E-state index in [1.165, 1.54) is 34.2 Å².